The molecular formula is C23H26N4S. The summed E-state index contributed by atoms with van der Waals surface area (Å²) in [5.41, 5.74) is 7.22. The number of hydrogen-bond acceptors (Lipinski definition) is 2. The third kappa shape index (κ3) is 3.10. The molecule has 0 amide bonds. The maximum absolute atomic E-state index is 5.80. The highest BCUT2D eigenvalue weighted by atomic mass is 32.1. The first-order valence-electron chi connectivity index (χ1n) is 9.73. The van der Waals surface area contributed by atoms with Gasteiger partial charge in [0.25, 0.3) is 0 Å². The predicted octanol–water partition coefficient (Wildman–Crippen LogP) is 4.78. The lowest BCUT2D eigenvalue weighted by molar-refractivity contribution is 0.564. The largest absolute Gasteiger partial charge is 0.352 e. The van der Waals surface area contributed by atoms with E-state index in [2.05, 4.69) is 84.0 Å². The highest BCUT2D eigenvalue weighted by molar-refractivity contribution is 7.80. The lowest BCUT2D eigenvalue weighted by atomic mass is 9.96. The zero-order valence-corrected chi connectivity index (χ0v) is 17.6. The van der Waals surface area contributed by atoms with Crippen LogP contribution >= 0.6 is 12.2 Å². The molecule has 1 N–H and O–H groups in total. The Kier molecular flexibility index (Phi) is 4.94. The minimum absolute atomic E-state index is 0.0000478. The van der Waals surface area contributed by atoms with Gasteiger partial charge in [0.2, 0.25) is 0 Å². The summed E-state index contributed by atoms with van der Waals surface area (Å²) in [5.74, 6) is 0. The topological polar surface area (TPSA) is 33.1 Å². The Hall–Kier alpha value is -2.66. The maximum atomic E-state index is 5.80. The van der Waals surface area contributed by atoms with Crippen LogP contribution in [0.1, 0.15) is 47.2 Å². The molecule has 5 heteroatoms. The Morgan fingerprint density at radius 1 is 1.11 bits per heavy atom. The van der Waals surface area contributed by atoms with Gasteiger partial charge in [0.15, 0.2) is 5.11 Å². The fourth-order valence-electron chi connectivity index (χ4n) is 4.03. The molecule has 0 spiro atoms. The van der Waals surface area contributed by atoms with E-state index in [1.54, 1.807) is 0 Å². The molecule has 1 aliphatic rings. The Balaban J connectivity index is 1.85. The first kappa shape index (κ1) is 18.7. The summed E-state index contributed by atoms with van der Waals surface area (Å²) in [7, 11) is 2.12. The molecule has 3 heterocycles. The van der Waals surface area contributed by atoms with Crippen molar-refractivity contribution in [2.75, 3.05) is 4.90 Å². The monoisotopic (exact) mass is 390 g/mol. The molecule has 1 saturated heterocycles. The van der Waals surface area contributed by atoms with Crippen molar-refractivity contribution in [2.45, 2.75) is 39.3 Å². The third-order valence-electron chi connectivity index (χ3n) is 5.85. The number of anilines is 1. The smallest absolute Gasteiger partial charge is 0.174 e. The molecule has 2 unspecified atom stereocenters. The lowest BCUT2D eigenvalue weighted by Gasteiger charge is -2.28. The summed E-state index contributed by atoms with van der Waals surface area (Å²) in [6.07, 6.45) is 2.87. The third-order valence-corrected chi connectivity index (χ3v) is 6.17. The molecule has 0 bridgehead atoms. The summed E-state index contributed by atoms with van der Waals surface area (Å²) < 4.78 is 2.24. The second-order valence-electron chi connectivity index (χ2n) is 7.40. The lowest BCUT2D eigenvalue weighted by Crippen LogP contribution is -2.29. The highest BCUT2D eigenvalue weighted by Crippen LogP contribution is 2.43. The van der Waals surface area contributed by atoms with Gasteiger partial charge in [0.1, 0.15) is 0 Å². The van der Waals surface area contributed by atoms with E-state index in [0.717, 1.165) is 22.9 Å². The van der Waals surface area contributed by atoms with Crippen LogP contribution in [0.4, 0.5) is 5.69 Å². The fraction of sp³-hybridized carbons (Fsp3) is 0.304. The number of aromatic nitrogens is 2. The highest BCUT2D eigenvalue weighted by Gasteiger charge is 2.42. The van der Waals surface area contributed by atoms with Crippen LogP contribution in [0.5, 0.6) is 0 Å². The van der Waals surface area contributed by atoms with E-state index in [4.69, 9.17) is 12.2 Å². The number of pyridine rings is 1. The molecule has 4 rings (SSSR count). The van der Waals surface area contributed by atoms with Crippen LogP contribution in [0.15, 0.2) is 54.7 Å². The molecular weight excluding hydrogens is 364 g/mol. The maximum Gasteiger partial charge on any atom is 0.174 e. The Morgan fingerprint density at radius 3 is 2.43 bits per heavy atom. The van der Waals surface area contributed by atoms with Gasteiger partial charge in [-0.05, 0) is 73.9 Å². The summed E-state index contributed by atoms with van der Waals surface area (Å²) in [6.45, 7) is 6.50. The van der Waals surface area contributed by atoms with Gasteiger partial charge in [0.05, 0.1) is 17.8 Å². The normalized spacial score (nSPS) is 19.1. The van der Waals surface area contributed by atoms with Crippen molar-refractivity contribution in [2.24, 2.45) is 7.05 Å². The van der Waals surface area contributed by atoms with E-state index in [1.807, 2.05) is 18.3 Å². The minimum atomic E-state index is 0.0000478. The van der Waals surface area contributed by atoms with E-state index in [9.17, 15) is 0 Å². The average molecular weight is 391 g/mol. The van der Waals surface area contributed by atoms with Crippen molar-refractivity contribution in [1.82, 2.24) is 14.9 Å². The van der Waals surface area contributed by atoms with Crippen molar-refractivity contribution in [3.05, 3.63) is 82.9 Å². The van der Waals surface area contributed by atoms with Gasteiger partial charge in [-0.3, -0.25) is 4.98 Å². The van der Waals surface area contributed by atoms with Crippen molar-refractivity contribution in [3.8, 4) is 0 Å². The predicted molar refractivity (Wildman–Crippen MR) is 119 cm³/mol. The van der Waals surface area contributed by atoms with Gasteiger partial charge < -0.3 is 14.8 Å². The second-order valence-corrected chi connectivity index (χ2v) is 7.79. The van der Waals surface area contributed by atoms with Crippen molar-refractivity contribution >= 4 is 23.0 Å². The van der Waals surface area contributed by atoms with Gasteiger partial charge >= 0.3 is 0 Å². The molecule has 144 valence electrons. The van der Waals surface area contributed by atoms with Gasteiger partial charge in [-0.15, -0.1) is 0 Å². The van der Waals surface area contributed by atoms with Crippen LogP contribution in [0.25, 0.3) is 0 Å². The first-order chi connectivity index (χ1) is 13.5. The Bertz CT molecular complexity index is 991. The first-order valence-corrected chi connectivity index (χ1v) is 10.1. The summed E-state index contributed by atoms with van der Waals surface area (Å²) in [4.78, 5) is 6.88. The van der Waals surface area contributed by atoms with Crippen molar-refractivity contribution in [3.63, 3.8) is 0 Å². The number of nitrogens with one attached hydrogen (secondary N) is 1. The summed E-state index contributed by atoms with van der Waals surface area (Å²) in [6, 6.07) is 17.1. The van der Waals surface area contributed by atoms with Gasteiger partial charge in [-0.2, -0.15) is 0 Å². The van der Waals surface area contributed by atoms with Crippen LogP contribution < -0.4 is 10.2 Å². The summed E-state index contributed by atoms with van der Waals surface area (Å²) >= 11 is 5.80. The zero-order valence-electron chi connectivity index (χ0n) is 16.8. The zero-order chi connectivity index (χ0) is 19.8. The average Bonchev–Trinajstić information content (AvgIpc) is 3.20. The molecule has 0 radical (unpaired) electrons. The molecule has 2 aromatic heterocycles. The van der Waals surface area contributed by atoms with Crippen molar-refractivity contribution in [1.29, 1.82) is 0 Å². The molecule has 3 aromatic rings. The number of aryl methyl sites for hydroxylation is 2. The van der Waals surface area contributed by atoms with Crippen LogP contribution in [-0.4, -0.2) is 14.7 Å². The number of thiocarbonyl (C=S) groups is 1. The molecule has 0 saturated carbocycles. The Labute approximate surface area is 172 Å². The quantitative estimate of drug-likeness (QED) is 0.650. The van der Waals surface area contributed by atoms with E-state index in [1.165, 1.54) is 22.5 Å². The van der Waals surface area contributed by atoms with Gasteiger partial charge in [-0.25, -0.2) is 0 Å². The van der Waals surface area contributed by atoms with Crippen LogP contribution in [-0.2, 0) is 13.5 Å². The fourth-order valence-corrected chi connectivity index (χ4v) is 4.37. The SMILES string of the molecule is CCc1ccc(N2C(=S)NC(c3ccccn3)C2c2cc(C)n(C)c2C)cc1. The van der Waals surface area contributed by atoms with E-state index in [-0.39, 0.29) is 12.1 Å². The molecule has 0 aliphatic carbocycles. The molecule has 1 aromatic carbocycles. The number of rotatable bonds is 4. The van der Waals surface area contributed by atoms with E-state index < -0.39 is 0 Å². The van der Waals surface area contributed by atoms with Crippen LogP contribution in [0, 0.1) is 13.8 Å². The molecule has 2 atom stereocenters. The standard InChI is InChI=1S/C23H26N4S/c1-5-17-9-11-18(12-10-17)27-22(19-14-15(2)26(4)16(19)3)21(25-23(27)28)20-8-6-7-13-24-20/h6-14,21-22H,5H2,1-4H3,(H,25,28). The molecule has 1 fully saturated rings. The van der Waals surface area contributed by atoms with E-state index >= 15 is 0 Å². The molecule has 28 heavy (non-hydrogen) atoms. The van der Waals surface area contributed by atoms with Crippen LogP contribution in [0.3, 0.4) is 0 Å². The Morgan fingerprint density at radius 2 is 1.86 bits per heavy atom. The van der Waals surface area contributed by atoms with E-state index in [0.29, 0.717) is 0 Å². The number of benzene rings is 1. The molecule has 4 nitrogen and oxygen atoms in total. The van der Waals surface area contributed by atoms with Crippen LogP contribution in [0.2, 0.25) is 0 Å². The van der Waals surface area contributed by atoms with Gasteiger partial charge in [0, 0.05) is 30.3 Å². The molecule has 1 aliphatic heterocycles. The second kappa shape index (κ2) is 7.40. The van der Waals surface area contributed by atoms with Crippen molar-refractivity contribution < 1.29 is 0 Å². The number of nitrogens with zero attached hydrogens (tertiary/aromatic N) is 3. The summed E-state index contributed by atoms with van der Waals surface area (Å²) in [5, 5.41) is 4.28. The van der Waals surface area contributed by atoms with Gasteiger partial charge in [-0.1, -0.05) is 25.1 Å². The number of hydrogen-bond donors (Lipinski definition) is 1. The minimum Gasteiger partial charge on any atom is -0.352 e.